The lowest BCUT2D eigenvalue weighted by atomic mass is 9.83. The Morgan fingerprint density at radius 1 is 0.413 bits per heavy atom. The molecule has 2 nitrogen and oxygen atoms in total. The maximum absolute atomic E-state index is 2.69. The van der Waals surface area contributed by atoms with Gasteiger partial charge in [-0.2, -0.15) is 0 Å². The highest BCUT2D eigenvalue weighted by Gasteiger charge is 2.32. The SMILES string of the molecule is C1=CC(N(C2=CC=C(C3=CC=C(N(C4=CCCC=C4)C4CC=CC5=C4C=CCC5)CC3)CC2)C2CC=CC3=C2C=CCC3)=CCC1. The molecule has 8 rings (SSSR count). The van der Waals surface area contributed by atoms with Crippen molar-refractivity contribution in [3.8, 4) is 0 Å². The molecule has 0 N–H and O–H groups in total. The zero-order valence-corrected chi connectivity index (χ0v) is 27.3. The van der Waals surface area contributed by atoms with Gasteiger partial charge in [-0.05, 0) is 148 Å². The monoisotopic (exact) mass is 604 g/mol. The summed E-state index contributed by atoms with van der Waals surface area (Å²) >= 11 is 0. The summed E-state index contributed by atoms with van der Waals surface area (Å²) in [5, 5.41) is 0. The van der Waals surface area contributed by atoms with Crippen molar-refractivity contribution in [1.82, 2.24) is 9.80 Å². The Bertz CT molecular complexity index is 1570. The molecule has 0 aromatic heterocycles. The zero-order chi connectivity index (χ0) is 30.7. The molecule has 8 aliphatic rings. The van der Waals surface area contributed by atoms with E-state index in [1.165, 1.54) is 69.1 Å². The lowest BCUT2D eigenvalue weighted by Crippen LogP contribution is -2.37. The molecule has 0 saturated heterocycles. The molecule has 0 spiro atoms. The molecule has 0 aromatic rings. The second kappa shape index (κ2) is 13.4. The number of allylic oxidation sites excluding steroid dienone is 20. The Morgan fingerprint density at radius 2 is 0.891 bits per heavy atom. The summed E-state index contributed by atoms with van der Waals surface area (Å²) < 4.78 is 0. The molecule has 0 fully saturated rings. The number of rotatable bonds is 7. The van der Waals surface area contributed by atoms with Gasteiger partial charge in [-0.25, -0.2) is 0 Å². The van der Waals surface area contributed by atoms with Gasteiger partial charge in [0, 0.05) is 22.8 Å². The zero-order valence-electron chi connectivity index (χ0n) is 27.3. The van der Waals surface area contributed by atoms with Crippen molar-refractivity contribution >= 4 is 0 Å². The van der Waals surface area contributed by atoms with E-state index in [2.05, 4.69) is 119 Å². The fourth-order valence-electron chi connectivity index (χ4n) is 8.67. The molecule has 0 radical (unpaired) electrons. The summed E-state index contributed by atoms with van der Waals surface area (Å²) in [6, 6.07) is 0.786. The van der Waals surface area contributed by atoms with Crippen LogP contribution in [0.3, 0.4) is 0 Å². The summed E-state index contributed by atoms with van der Waals surface area (Å²) in [6.07, 6.45) is 59.3. The predicted molar refractivity (Wildman–Crippen MR) is 193 cm³/mol. The van der Waals surface area contributed by atoms with E-state index >= 15 is 0 Å². The fraction of sp³-hybridized carbons (Fsp3) is 0.364. The third-order valence-corrected chi connectivity index (χ3v) is 11.0. The summed E-state index contributed by atoms with van der Waals surface area (Å²) in [4.78, 5) is 5.38. The van der Waals surface area contributed by atoms with E-state index in [4.69, 9.17) is 0 Å². The summed E-state index contributed by atoms with van der Waals surface area (Å²) in [6.45, 7) is 0. The summed E-state index contributed by atoms with van der Waals surface area (Å²) in [7, 11) is 0. The summed E-state index contributed by atoms with van der Waals surface area (Å²) in [5.41, 5.74) is 14.9. The van der Waals surface area contributed by atoms with E-state index in [0.29, 0.717) is 12.1 Å². The van der Waals surface area contributed by atoms with Gasteiger partial charge in [0.15, 0.2) is 0 Å². The van der Waals surface area contributed by atoms with Crippen LogP contribution in [0, 0.1) is 0 Å². The van der Waals surface area contributed by atoms with Gasteiger partial charge in [0.05, 0.1) is 12.1 Å². The van der Waals surface area contributed by atoms with E-state index < -0.39 is 0 Å². The molecule has 0 amide bonds. The number of nitrogens with zero attached hydrogens (tertiary/aromatic N) is 2. The molecule has 2 heteroatoms. The molecule has 2 unspecified atom stereocenters. The lowest BCUT2D eigenvalue weighted by Gasteiger charge is -2.41. The lowest BCUT2D eigenvalue weighted by molar-refractivity contribution is 0.341. The van der Waals surface area contributed by atoms with Crippen LogP contribution in [0.4, 0.5) is 0 Å². The molecular weight excluding hydrogens is 556 g/mol. The van der Waals surface area contributed by atoms with Gasteiger partial charge in [-0.15, -0.1) is 0 Å². The number of hydrogen-bond donors (Lipinski definition) is 0. The molecule has 46 heavy (non-hydrogen) atoms. The molecule has 0 aromatic carbocycles. The fourth-order valence-corrected chi connectivity index (χ4v) is 8.67. The molecule has 8 aliphatic carbocycles. The molecule has 0 heterocycles. The van der Waals surface area contributed by atoms with Crippen LogP contribution in [0.15, 0.2) is 166 Å². The Morgan fingerprint density at radius 3 is 1.30 bits per heavy atom. The minimum atomic E-state index is 0.393. The van der Waals surface area contributed by atoms with Crippen LogP contribution in [0.25, 0.3) is 0 Å². The Labute approximate surface area is 276 Å². The first-order valence-corrected chi connectivity index (χ1v) is 18.1. The molecule has 0 bridgehead atoms. The van der Waals surface area contributed by atoms with Crippen LogP contribution in [-0.2, 0) is 0 Å². The van der Waals surface area contributed by atoms with Gasteiger partial charge in [0.25, 0.3) is 0 Å². The minimum Gasteiger partial charge on any atom is -0.338 e. The van der Waals surface area contributed by atoms with E-state index in [-0.39, 0.29) is 0 Å². The van der Waals surface area contributed by atoms with Gasteiger partial charge in [-0.1, -0.05) is 85.1 Å². The highest BCUT2D eigenvalue weighted by molar-refractivity contribution is 5.49. The van der Waals surface area contributed by atoms with Crippen molar-refractivity contribution in [2.75, 3.05) is 0 Å². The van der Waals surface area contributed by atoms with Crippen LogP contribution in [0.5, 0.6) is 0 Å². The average molecular weight is 605 g/mol. The summed E-state index contributed by atoms with van der Waals surface area (Å²) in [5.74, 6) is 0. The van der Waals surface area contributed by atoms with Crippen LogP contribution >= 0.6 is 0 Å². The smallest absolute Gasteiger partial charge is 0.0625 e. The van der Waals surface area contributed by atoms with Crippen LogP contribution in [0.2, 0.25) is 0 Å². The van der Waals surface area contributed by atoms with Crippen LogP contribution < -0.4 is 0 Å². The third-order valence-electron chi connectivity index (χ3n) is 11.0. The van der Waals surface area contributed by atoms with Crippen molar-refractivity contribution in [3.63, 3.8) is 0 Å². The Balaban J connectivity index is 1.07. The minimum absolute atomic E-state index is 0.393. The third kappa shape index (κ3) is 5.83. The van der Waals surface area contributed by atoms with E-state index in [1.807, 2.05) is 0 Å². The van der Waals surface area contributed by atoms with E-state index in [9.17, 15) is 0 Å². The highest BCUT2D eigenvalue weighted by Crippen LogP contribution is 2.41. The van der Waals surface area contributed by atoms with Gasteiger partial charge in [-0.3, -0.25) is 0 Å². The van der Waals surface area contributed by atoms with Gasteiger partial charge in [0.1, 0.15) is 0 Å². The average Bonchev–Trinajstić information content (AvgIpc) is 3.14. The Kier molecular flexibility index (Phi) is 8.53. The predicted octanol–water partition coefficient (Wildman–Crippen LogP) is 11.2. The van der Waals surface area contributed by atoms with Crippen LogP contribution in [0.1, 0.15) is 89.9 Å². The van der Waals surface area contributed by atoms with Gasteiger partial charge >= 0.3 is 0 Å². The molecule has 0 saturated carbocycles. The second-order valence-corrected chi connectivity index (χ2v) is 13.8. The van der Waals surface area contributed by atoms with Crippen molar-refractivity contribution < 1.29 is 0 Å². The van der Waals surface area contributed by atoms with E-state index in [0.717, 1.165) is 77.0 Å². The molecule has 2 atom stereocenters. The molecule has 0 aliphatic heterocycles. The maximum atomic E-state index is 2.69. The number of hydrogen-bond acceptors (Lipinski definition) is 2. The first kappa shape index (κ1) is 29.4. The Hall–Kier alpha value is -4.04. The molecule has 234 valence electrons. The standard InChI is InChI=1S/C44H48N2/c1-3-17-37(18-4-1)45(43-23-11-15-35-13-7-9-21-41(35)43)39-29-25-33(26-30-39)34-27-31-40(32-28-34)46(38-19-5-2-6-20-38)44-24-12-16-36-14-8-10-22-42(36)44/h3,5,9-12,15-22,25,27,29,31,43-44H,1-2,4,6-8,13-14,23-24,26,28,30,32H2. The molecular formula is C44H48N2. The van der Waals surface area contributed by atoms with Crippen molar-refractivity contribution in [2.24, 2.45) is 0 Å². The normalized spacial score (nSPS) is 26.9. The first-order chi connectivity index (χ1) is 22.8. The van der Waals surface area contributed by atoms with Crippen molar-refractivity contribution in [3.05, 3.63) is 166 Å². The van der Waals surface area contributed by atoms with Crippen molar-refractivity contribution in [2.45, 2.75) is 102 Å². The quantitative estimate of drug-likeness (QED) is 0.285. The topological polar surface area (TPSA) is 6.48 Å². The van der Waals surface area contributed by atoms with E-state index in [1.54, 1.807) is 0 Å². The van der Waals surface area contributed by atoms with Gasteiger partial charge in [0.2, 0.25) is 0 Å². The maximum Gasteiger partial charge on any atom is 0.0625 e. The van der Waals surface area contributed by atoms with Crippen molar-refractivity contribution in [1.29, 1.82) is 0 Å². The largest absolute Gasteiger partial charge is 0.338 e. The first-order valence-electron chi connectivity index (χ1n) is 18.1. The second-order valence-electron chi connectivity index (χ2n) is 13.8. The van der Waals surface area contributed by atoms with Gasteiger partial charge < -0.3 is 9.80 Å². The van der Waals surface area contributed by atoms with Crippen LogP contribution in [-0.4, -0.2) is 21.9 Å². The highest BCUT2D eigenvalue weighted by atomic mass is 15.2.